The molecule has 0 saturated carbocycles. The lowest BCUT2D eigenvalue weighted by Crippen LogP contribution is -2.45. The van der Waals surface area contributed by atoms with E-state index in [9.17, 15) is 19.5 Å². The van der Waals surface area contributed by atoms with Crippen molar-refractivity contribution in [3.63, 3.8) is 0 Å². The van der Waals surface area contributed by atoms with Crippen LogP contribution in [-0.4, -0.2) is 35.6 Å². The van der Waals surface area contributed by atoms with Crippen molar-refractivity contribution in [2.24, 2.45) is 11.8 Å². The van der Waals surface area contributed by atoms with E-state index in [1.165, 1.54) is 4.90 Å². The second kappa shape index (κ2) is 7.47. The predicted octanol–water partition coefficient (Wildman–Crippen LogP) is 2.25. The number of nitrogens with zero attached hydrogens (tertiary/aromatic N) is 1. The van der Waals surface area contributed by atoms with Crippen molar-refractivity contribution >= 4 is 23.5 Å². The summed E-state index contributed by atoms with van der Waals surface area (Å²) in [6, 6.07) is 6.32. The van der Waals surface area contributed by atoms with Crippen LogP contribution in [0.2, 0.25) is 0 Å². The third kappa shape index (κ3) is 3.58. The molecule has 0 spiro atoms. The first kappa shape index (κ1) is 18.0. The summed E-state index contributed by atoms with van der Waals surface area (Å²) in [5, 5.41) is 9.46. The van der Waals surface area contributed by atoms with Crippen molar-refractivity contribution in [1.29, 1.82) is 0 Å². The molecule has 6 heteroatoms. The van der Waals surface area contributed by atoms with Gasteiger partial charge in [-0.2, -0.15) is 0 Å². The number of para-hydroxylation sites is 1. The zero-order chi connectivity index (χ0) is 17.9. The smallest absolute Gasteiger partial charge is 0.327 e. The van der Waals surface area contributed by atoms with Gasteiger partial charge < -0.3 is 9.84 Å². The molecule has 0 bridgehead atoms. The molecule has 3 atom stereocenters. The molecule has 0 aromatic heterocycles. The molecule has 1 aliphatic rings. The lowest BCUT2D eigenvalue weighted by molar-refractivity contribution is -0.148. The average molecular weight is 333 g/mol. The molecular weight excluding hydrogens is 310 g/mol. The van der Waals surface area contributed by atoms with E-state index in [2.05, 4.69) is 0 Å². The summed E-state index contributed by atoms with van der Waals surface area (Å²) in [4.78, 5) is 37.5. The number of aliphatic carboxylic acids is 1. The van der Waals surface area contributed by atoms with Crippen molar-refractivity contribution in [2.45, 2.75) is 39.7 Å². The zero-order valence-electron chi connectivity index (χ0n) is 14.2. The Balaban J connectivity index is 2.17. The minimum absolute atomic E-state index is 0.275. The highest BCUT2D eigenvalue weighted by atomic mass is 16.5. The van der Waals surface area contributed by atoms with Crippen LogP contribution in [0.1, 0.15) is 32.8 Å². The fraction of sp³-hybridized carbons (Fsp3) is 0.500. The summed E-state index contributed by atoms with van der Waals surface area (Å²) < 4.78 is 4.97. The lowest BCUT2D eigenvalue weighted by atomic mass is 9.95. The first-order valence-electron chi connectivity index (χ1n) is 8.17. The largest absolute Gasteiger partial charge is 0.480 e. The number of carboxylic acids is 1. The number of amides is 1. The molecular formula is C18H23NO5. The van der Waals surface area contributed by atoms with Crippen molar-refractivity contribution in [3.05, 3.63) is 29.8 Å². The van der Waals surface area contributed by atoms with Gasteiger partial charge in [-0.05, 0) is 25.0 Å². The number of carbonyl (C=O) groups is 3. The van der Waals surface area contributed by atoms with E-state index >= 15 is 0 Å². The summed E-state index contributed by atoms with van der Waals surface area (Å²) in [6.07, 6.45) is 0.625. The van der Waals surface area contributed by atoms with Crippen LogP contribution in [-0.2, 0) is 25.5 Å². The van der Waals surface area contributed by atoms with Gasteiger partial charge in [0.25, 0.3) is 0 Å². The number of rotatable bonds is 6. The molecule has 1 heterocycles. The molecule has 2 rings (SSSR count). The fourth-order valence-electron chi connectivity index (χ4n) is 3.11. The van der Waals surface area contributed by atoms with E-state index in [-0.39, 0.29) is 11.9 Å². The van der Waals surface area contributed by atoms with Gasteiger partial charge in [0.1, 0.15) is 6.04 Å². The molecule has 0 fully saturated rings. The summed E-state index contributed by atoms with van der Waals surface area (Å²) in [5.74, 6) is -2.52. The van der Waals surface area contributed by atoms with E-state index in [1.54, 1.807) is 32.9 Å². The molecule has 0 aliphatic carbocycles. The van der Waals surface area contributed by atoms with Crippen LogP contribution in [0.3, 0.4) is 0 Å². The topological polar surface area (TPSA) is 83.9 Å². The van der Waals surface area contributed by atoms with Crippen LogP contribution in [0.4, 0.5) is 5.69 Å². The van der Waals surface area contributed by atoms with E-state index in [0.717, 1.165) is 5.56 Å². The minimum Gasteiger partial charge on any atom is -0.480 e. The lowest BCUT2D eigenvalue weighted by Gasteiger charge is -2.26. The first-order valence-corrected chi connectivity index (χ1v) is 8.17. The quantitative estimate of drug-likeness (QED) is 0.807. The molecule has 0 saturated heterocycles. The van der Waals surface area contributed by atoms with Gasteiger partial charge in [-0.3, -0.25) is 14.5 Å². The van der Waals surface area contributed by atoms with Crippen molar-refractivity contribution < 1.29 is 24.2 Å². The summed E-state index contributed by atoms with van der Waals surface area (Å²) in [6.45, 7) is 5.47. The van der Waals surface area contributed by atoms with E-state index in [0.29, 0.717) is 25.1 Å². The molecule has 1 unspecified atom stereocenters. The Morgan fingerprint density at radius 2 is 1.92 bits per heavy atom. The van der Waals surface area contributed by atoms with E-state index in [4.69, 9.17) is 4.74 Å². The maximum absolute atomic E-state index is 12.8. The molecule has 24 heavy (non-hydrogen) atoms. The molecule has 1 aromatic rings. The summed E-state index contributed by atoms with van der Waals surface area (Å²) >= 11 is 0. The highest BCUT2D eigenvalue weighted by Crippen LogP contribution is 2.34. The Hall–Kier alpha value is -2.37. The minimum atomic E-state index is -1.02. The molecule has 0 radical (unpaired) electrons. The Bertz CT molecular complexity index is 642. The maximum atomic E-state index is 12.8. The van der Waals surface area contributed by atoms with Crippen LogP contribution in [0.5, 0.6) is 0 Å². The fourth-order valence-corrected chi connectivity index (χ4v) is 3.11. The van der Waals surface area contributed by atoms with Gasteiger partial charge in [0, 0.05) is 18.0 Å². The van der Waals surface area contributed by atoms with Crippen molar-refractivity contribution in [2.75, 3.05) is 11.5 Å². The number of ether oxygens (including phenoxy) is 1. The average Bonchev–Trinajstić information content (AvgIpc) is 2.93. The second-order valence-corrected chi connectivity index (χ2v) is 6.18. The van der Waals surface area contributed by atoms with Gasteiger partial charge in [0.2, 0.25) is 5.91 Å². The van der Waals surface area contributed by atoms with Crippen LogP contribution in [0.25, 0.3) is 0 Å². The SMILES string of the molecule is CCOC(=O)[C@H](C)C[C@H](C)C(=O)N1c2ccccc2CC1C(=O)O. The van der Waals surface area contributed by atoms with Crippen LogP contribution in [0, 0.1) is 11.8 Å². The van der Waals surface area contributed by atoms with E-state index < -0.39 is 23.8 Å². The normalized spacial score (nSPS) is 18.6. The number of esters is 1. The summed E-state index contributed by atoms with van der Waals surface area (Å²) in [7, 11) is 0. The van der Waals surface area contributed by atoms with Gasteiger partial charge in [-0.25, -0.2) is 4.79 Å². The highest BCUT2D eigenvalue weighted by Gasteiger charge is 2.40. The van der Waals surface area contributed by atoms with Crippen LogP contribution in [0.15, 0.2) is 24.3 Å². The van der Waals surface area contributed by atoms with Crippen LogP contribution < -0.4 is 4.90 Å². The molecule has 6 nitrogen and oxygen atoms in total. The maximum Gasteiger partial charge on any atom is 0.327 e. The van der Waals surface area contributed by atoms with Gasteiger partial charge in [-0.15, -0.1) is 0 Å². The van der Waals surface area contributed by atoms with Gasteiger partial charge in [0.15, 0.2) is 0 Å². The third-order valence-electron chi connectivity index (χ3n) is 4.32. The molecule has 1 amide bonds. The Morgan fingerprint density at radius 1 is 1.25 bits per heavy atom. The highest BCUT2D eigenvalue weighted by molar-refractivity contribution is 6.03. The van der Waals surface area contributed by atoms with Crippen LogP contribution >= 0.6 is 0 Å². The Labute approximate surface area is 141 Å². The monoisotopic (exact) mass is 333 g/mol. The van der Waals surface area contributed by atoms with Gasteiger partial charge >= 0.3 is 11.9 Å². The first-order chi connectivity index (χ1) is 11.4. The van der Waals surface area contributed by atoms with E-state index in [1.807, 2.05) is 12.1 Å². The summed E-state index contributed by atoms with van der Waals surface area (Å²) in [5.41, 5.74) is 1.49. The van der Waals surface area contributed by atoms with Gasteiger partial charge in [0.05, 0.1) is 12.5 Å². The van der Waals surface area contributed by atoms with Gasteiger partial charge in [-0.1, -0.05) is 32.0 Å². The molecule has 1 aromatic carbocycles. The number of hydrogen-bond donors (Lipinski definition) is 1. The number of carboxylic acid groups (broad SMARTS) is 1. The number of benzene rings is 1. The zero-order valence-corrected chi connectivity index (χ0v) is 14.2. The number of hydrogen-bond acceptors (Lipinski definition) is 4. The number of fused-ring (bicyclic) bond motifs is 1. The number of anilines is 1. The molecule has 1 aliphatic heterocycles. The predicted molar refractivity (Wildman–Crippen MR) is 88.6 cm³/mol. The van der Waals surface area contributed by atoms with Crippen molar-refractivity contribution in [1.82, 2.24) is 0 Å². The molecule has 1 N–H and O–H groups in total. The molecule has 130 valence electrons. The van der Waals surface area contributed by atoms with Crippen molar-refractivity contribution in [3.8, 4) is 0 Å². The standard InChI is InChI=1S/C18H23NO5/c1-4-24-18(23)12(3)9-11(2)16(20)19-14-8-6-5-7-13(14)10-15(19)17(21)22/h5-8,11-12,15H,4,9-10H2,1-3H3,(H,21,22)/t11-,12+,15?/m0/s1. The Morgan fingerprint density at radius 3 is 2.54 bits per heavy atom. The third-order valence-corrected chi connectivity index (χ3v) is 4.32. The Kier molecular flexibility index (Phi) is 5.59. The second-order valence-electron chi connectivity index (χ2n) is 6.18. The number of carbonyl (C=O) groups excluding carboxylic acids is 2.